The van der Waals surface area contributed by atoms with E-state index in [1.54, 1.807) is 0 Å². The van der Waals surface area contributed by atoms with E-state index in [1.807, 2.05) is 17.0 Å². The number of rotatable bonds is 4. The molecule has 1 heterocycles. The monoisotopic (exact) mass is 355 g/mol. The Balaban J connectivity index is 1.65. The number of carbonyl (C=O) groups excluding carboxylic acids is 1. The quantitative estimate of drug-likeness (QED) is 0.855. The number of benzene rings is 2. The van der Waals surface area contributed by atoms with Crippen molar-refractivity contribution in [2.24, 2.45) is 5.73 Å². The van der Waals surface area contributed by atoms with Crippen LogP contribution in [0.15, 0.2) is 53.4 Å². The van der Waals surface area contributed by atoms with Crippen molar-refractivity contribution >= 4 is 16.8 Å². The molecule has 0 spiro atoms. The van der Waals surface area contributed by atoms with Gasteiger partial charge in [0, 0.05) is 42.2 Å². The SMILES string of the molecule is C[S+](C)c1cccc(C(=O)N2CCC(c3cccc(CN)c3)CC2)c1. The van der Waals surface area contributed by atoms with E-state index in [9.17, 15) is 4.79 Å². The maximum Gasteiger partial charge on any atom is 0.254 e. The minimum atomic E-state index is 0.168. The predicted molar refractivity (Wildman–Crippen MR) is 106 cm³/mol. The Bertz CT molecular complexity index is 736. The van der Waals surface area contributed by atoms with Gasteiger partial charge in [-0.25, -0.2) is 0 Å². The highest BCUT2D eigenvalue weighted by atomic mass is 32.2. The second kappa shape index (κ2) is 8.07. The summed E-state index contributed by atoms with van der Waals surface area (Å²) in [6.45, 7) is 2.23. The van der Waals surface area contributed by atoms with Gasteiger partial charge >= 0.3 is 0 Å². The van der Waals surface area contributed by atoms with E-state index in [1.165, 1.54) is 16.0 Å². The van der Waals surface area contributed by atoms with Crippen LogP contribution in [0.4, 0.5) is 0 Å². The van der Waals surface area contributed by atoms with Crippen molar-refractivity contribution in [3.05, 3.63) is 65.2 Å². The third kappa shape index (κ3) is 4.25. The van der Waals surface area contributed by atoms with E-state index >= 15 is 0 Å². The number of hydrogen-bond acceptors (Lipinski definition) is 2. The fourth-order valence-corrected chi connectivity index (χ4v) is 4.17. The Morgan fingerprint density at radius 1 is 1.12 bits per heavy atom. The summed E-state index contributed by atoms with van der Waals surface area (Å²) in [5.74, 6) is 0.695. The minimum absolute atomic E-state index is 0.168. The lowest BCUT2D eigenvalue weighted by Crippen LogP contribution is -2.38. The fourth-order valence-electron chi connectivity index (χ4n) is 3.46. The molecule has 3 nitrogen and oxygen atoms in total. The molecule has 0 aromatic heterocycles. The topological polar surface area (TPSA) is 46.3 Å². The maximum absolute atomic E-state index is 12.8. The zero-order valence-corrected chi connectivity index (χ0v) is 15.9. The van der Waals surface area contributed by atoms with Crippen molar-refractivity contribution in [2.75, 3.05) is 25.6 Å². The van der Waals surface area contributed by atoms with Crippen LogP contribution in [0.1, 0.15) is 40.2 Å². The first-order chi connectivity index (χ1) is 12.1. The molecule has 25 heavy (non-hydrogen) atoms. The third-order valence-electron chi connectivity index (χ3n) is 4.99. The van der Waals surface area contributed by atoms with Crippen LogP contribution in [0.25, 0.3) is 0 Å². The summed E-state index contributed by atoms with van der Waals surface area (Å²) in [5.41, 5.74) is 9.12. The summed E-state index contributed by atoms with van der Waals surface area (Å²) >= 11 is 0. The third-order valence-corrected chi connectivity index (χ3v) is 6.19. The number of nitrogens with two attached hydrogens (primary N) is 1. The molecule has 2 N–H and O–H groups in total. The average molecular weight is 356 g/mol. The zero-order valence-electron chi connectivity index (χ0n) is 15.1. The molecule has 1 aliphatic rings. The van der Waals surface area contributed by atoms with Crippen molar-refractivity contribution < 1.29 is 4.79 Å². The molecule has 2 aromatic carbocycles. The predicted octanol–water partition coefficient (Wildman–Crippen LogP) is 3.40. The van der Waals surface area contributed by atoms with Crippen LogP contribution in [0, 0.1) is 0 Å². The van der Waals surface area contributed by atoms with Crippen LogP contribution in [0.3, 0.4) is 0 Å². The van der Waals surface area contributed by atoms with Crippen LogP contribution < -0.4 is 5.73 Å². The molecule has 4 heteroatoms. The van der Waals surface area contributed by atoms with E-state index in [0.29, 0.717) is 12.5 Å². The molecular weight excluding hydrogens is 328 g/mol. The van der Waals surface area contributed by atoms with E-state index in [4.69, 9.17) is 5.73 Å². The van der Waals surface area contributed by atoms with Gasteiger partial charge in [0.2, 0.25) is 0 Å². The number of hydrogen-bond donors (Lipinski definition) is 1. The van der Waals surface area contributed by atoms with Crippen molar-refractivity contribution in [3.63, 3.8) is 0 Å². The van der Waals surface area contributed by atoms with Gasteiger partial charge in [-0.05, 0) is 42.0 Å². The number of carbonyl (C=O) groups is 1. The lowest BCUT2D eigenvalue weighted by molar-refractivity contribution is 0.0712. The van der Waals surface area contributed by atoms with Gasteiger partial charge < -0.3 is 10.6 Å². The van der Waals surface area contributed by atoms with E-state index in [2.05, 4.69) is 48.9 Å². The van der Waals surface area contributed by atoms with Gasteiger partial charge in [-0.2, -0.15) is 0 Å². The number of nitrogens with zero attached hydrogens (tertiary/aromatic N) is 1. The van der Waals surface area contributed by atoms with Crippen molar-refractivity contribution in [1.82, 2.24) is 4.90 Å². The molecule has 132 valence electrons. The molecule has 1 aliphatic heterocycles. The molecule has 0 radical (unpaired) electrons. The second-order valence-electron chi connectivity index (χ2n) is 6.86. The van der Waals surface area contributed by atoms with Crippen LogP contribution >= 0.6 is 0 Å². The van der Waals surface area contributed by atoms with Gasteiger partial charge in [-0.15, -0.1) is 0 Å². The molecule has 0 atom stereocenters. The van der Waals surface area contributed by atoms with Gasteiger partial charge in [-0.3, -0.25) is 4.79 Å². The summed E-state index contributed by atoms with van der Waals surface area (Å²) in [6, 6.07) is 16.7. The fraction of sp³-hybridized carbons (Fsp3) is 0.381. The van der Waals surface area contributed by atoms with Gasteiger partial charge in [0.25, 0.3) is 5.91 Å². The first-order valence-corrected chi connectivity index (χ1v) is 10.9. The largest absolute Gasteiger partial charge is 0.339 e. The molecule has 3 rings (SSSR count). The molecular formula is C21H27N2OS+. The summed E-state index contributed by atoms with van der Waals surface area (Å²) in [4.78, 5) is 16.1. The molecule has 1 fully saturated rings. The maximum atomic E-state index is 12.8. The average Bonchev–Trinajstić information content (AvgIpc) is 2.67. The number of piperidine rings is 1. The van der Waals surface area contributed by atoms with Crippen molar-refractivity contribution in [2.45, 2.75) is 30.2 Å². The minimum Gasteiger partial charge on any atom is -0.339 e. The molecule has 0 bridgehead atoms. The standard InChI is InChI=1S/C21H27N2OS/c1-25(2)20-8-4-7-19(14-20)21(24)23-11-9-17(10-12-23)18-6-3-5-16(13-18)15-22/h3-8,13-14,17H,9-12,15,22H2,1-2H3/q+1. The summed E-state index contributed by atoms with van der Waals surface area (Å²) < 4.78 is 0. The van der Waals surface area contributed by atoms with Crippen LogP contribution in [-0.2, 0) is 17.4 Å². The van der Waals surface area contributed by atoms with Crippen LogP contribution in [0.5, 0.6) is 0 Å². The molecule has 0 aliphatic carbocycles. The number of likely N-dealkylation sites (tertiary alicyclic amines) is 1. The Labute approximate surface area is 153 Å². The smallest absolute Gasteiger partial charge is 0.254 e. The summed E-state index contributed by atoms with van der Waals surface area (Å²) in [7, 11) is 0.174. The molecule has 0 unspecified atom stereocenters. The lowest BCUT2D eigenvalue weighted by atomic mass is 9.88. The highest BCUT2D eigenvalue weighted by molar-refractivity contribution is 7.95. The zero-order chi connectivity index (χ0) is 17.8. The first kappa shape index (κ1) is 18.0. The summed E-state index contributed by atoms with van der Waals surface area (Å²) in [5, 5.41) is 0. The van der Waals surface area contributed by atoms with Gasteiger partial charge in [0.15, 0.2) is 4.90 Å². The van der Waals surface area contributed by atoms with Crippen LogP contribution in [0.2, 0.25) is 0 Å². The van der Waals surface area contributed by atoms with E-state index < -0.39 is 0 Å². The van der Waals surface area contributed by atoms with Gasteiger partial charge in [0.05, 0.1) is 0 Å². The Kier molecular flexibility index (Phi) is 5.82. The summed E-state index contributed by atoms with van der Waals surface area (Å²) in [6.07, 6.45) is 6.41. The number of amides is 1. The van der Waals surface area contributed by atoms with Crippen LogP contribution in [-0.4, -0.2) is 36.4 Å². The Morgan fingerprint density at radius 3 is 2.52 bits per heavy atom. The molecule has 1 saturated heterocycles. The molecule has 2 aromatic rings. The van der Waals surface area contributed by atoms with E-state index in [-0.39, 0.29) is 16.8 Å². The Hall–Kier alpha value is -1.78. The van der Waals surface area contributed by atoms with E-state index in [0.717, 1.165) is 31.5 Å². The highest BCUT2D eigenvalue weighted by Gasteiger charge is 2.25. The van der Waals surface area contributed by atoms with Gasteiger partial charge in [-0.1, -0.05) is 30.3 Å². The van der Waals surface area contributed by atoms with Gasteiger partial charge in [0.1, 0.15) is 12.5 Å². The second-order valence-corrected chi connectivity index (χ2v) is 8.96. The molecule has 1 amide bonds. The van der Waals surface area contributed by atoms with Crippen molar-refractivity contribution in [3.8, 4) is 0 Å². The first-order valence-electron chi connectivity index (χ1n) is 8.84. The van der Waals surface area contributed by atoms with Crippen molar-refractivity contribution in [1.29, 1.82) is 0 Å². The normalized spacial score (nSPS) is 15.6. The lowest BCUT2D eigenvalue weighted by Gasteiger charge is -2.32. The highest BCUT2D eigenvalue weighted by Crippen LogP contribution is 2.29. The molecule has 0 saturated carbocycles. The Morgan fingerprint density at radius 2 is 1.84 bits per heavy atom.